The van der Waals surface area contributed by atoms with Crippen LogP contribution in [0.2, 0.25) is 0 Å². The number of amides is 2. The molecule has 2 fully saturated rings. The summed E-state index contributed by atoms with van der Waals surface area (Å²) in [4.78, 5) is 25.8. The van der Waals surface area contributed by atoms with Gasteiger partial charge in [0.2, 0.25) is 5.91 Å². The maximum Gasteiger partial charge on any atom is 0.274 e. The minimum atomic E-state index is -0.554. The Bertz CT molecular complexity index is 919. The summed E-state index contributed by atoms with van der Waals surface area (Å²) in [5, 5.41) is 12.4. The molecule has 1 aliphatic heterocycles. The van der Waals surface area contributed by atoms with Crippen LogP contribution in [-0.2, 0) is 4.79 Å². The Morgan fingerprint density at radius 1 is 1.03 bits per heavy atom. The van der Waals surface area contributed by atoms with E-state index in [0.29, 0.717) is 23.4 Å². The highest BCUT2D eigenvalue weighted by atomic mass is 16.5. The number of hydrogen-bond acceptors (Lipinski definition) is 4. The molecule has 0 spiro atoms. The molecule has 4 rings (SSSR count). The Morgan fingerprint density at radius 3 is 2.42 bits per heavy atom. The molecule has 2 aliphatic rings. The molecule has 2 aromatic carbocycles. The van der Waals surface area contributed by atoms with Crippen molar-refractivity contribution in [1.29, 1.82) is 0 Å². The third kappa shape index (κ3) is 5.60. The van der Waals surface area contributed by atoms with Gasteiger partial charge in [-0.15, -0.1) is 0 Å². The highest BCUT2D eigenvalue weighted by Gasteiger charge is 2.38. The summed E-state index contributed by atoms with van der Waals surface area (Å²) in [6, 6.07) is 18.0. The predicted octanol–water partition coefficient (Wildman–Crippen LogP) is 3.20. The zero-order valence-electron chi connectivity index (χ0n) is 17.5. The lowest BCUT2D eigenvalue weighted by Crippen LogP contribution is -2.40. The van der Waals surface area contributed by atoms with Gasteiger partial charge in [-0.25, -0.2) is 5.48 Å². The first-order chi connectivity index (χ1) is 15.1. The van der Waals surface area contributed by atoms with Gasteiger partial charge >= 0.3 is 0 Å². The van der Waals surface area contributed by atoms with Crippen molar-refractivity contribution < 1.29 is 14.8 Å². The van der Waals surface area contributed by atoms with Gasteiger partial charge < -0.3 is 10.2 Å². The van der Waals surface area contributed by atoms with Crippen molar-refractivity contribution in [3.8, 4) is 0 Å². The van der Waals surface area contributed by atoms with Gasteiger partial charge in [0.15, 0.2) is 0 Å². The van der Waals surface area contributed by atoms with Crippen molar-refractivity contribution >= 4 is 17.9 Å². The molecule has 2 aromatic rings. The van der Waals surface area contributed by atoms with Crippen LogP contribution in [-0.4, -0.2) is 47.6 Å². The van der Waals surface area contributed by atoms with Gasteiger partial charge in [-0.2, -0.15) is 0 Å². The van der Waals surface area contributed by atoms with Crippen LogP contribution in [0.5, 0.6) is 0 Å². The highest BCUT2D eigenvalue weighted by molar-refractivity contribution is 5.94. The number of hydroxylamine groups is 1. The number of nitrogens with one attached hydrogen (secondary N) is 2. The number of carbonyl (C=O) groups is 2. The lowest BCUT2D eigenvalue weighted by atomic mass is 9.96. The Hall–Kier alpha value is -2.96. The van der Waals surface area contributed by atoms with Crippen LogP contribution in [0, 0.1) is 5.92 Å². The zero-order chi connectivity index (χ0) is 21.6. The summed E-state index contributed by atoms with van der Waals surface area (Å²) < 4.78 is 0. The molecule has 31 heavy (non-hydrogen) atoms. The molecule has 2 amide bonds. The molecule has 1 heterocycles. The number of carbonyl (C=O) groups excluding carboxylic acids is 2. The lowest BCUT2D eigenvalue weighted by Gasteiger charge is -2.31. The zero-order valence-corrected chi connectivity index (χ0v) is 17.5. The third-order valence-corrected chi connectivity index (χ3v) is 6.31. The van der Waals surface area contributed by atoms with Gasteiger partial charge in [0.05, 0.1) is 0 Å². The molecule has 0 radical (unpaired) electrons. The van der Waals surface area contributed by atoms with Gasteiger partial charge in [-0.05, 0) is 61.1 Å². The number of likely N-dealkylation sites (tertiary alicyclic amines) is 1. The monoisotopic (exact) mass is 419 g/mol. The van der Waals surface area contributed by atoms with E-state index in [1.807, 2.05) is 4.90 Å². The van der Waals surface area contributed by atoms with Crippen LogP contribution in [0.25, 0.3) is 6.08 Å². The van der Waals surface area contributed by atoms with E-state index in [1.165, 1.54) is 12.0 Å². The van der Waals surface area contributed by atoms with Crippen LogP contribution >= 0.6 is 0 Å². The van der Waals surface area contributed by atoms with E-state index in [9.17, 15) is 9.59 Å². The molecule has 0 aromatic heterocycles. The first-order valence-electron chi connectivity index (χ1n) is 10.9. The van der Waals surface area contributed by atoms with Crippen LogP contribution in [0.15, 0.2) is 60.7 Å². The van der Waals surface area contributed by atoms with Crippen LogP contribution in [0.3, 0.4) is 0 Å². The van der Waals surface area contributed by atoms with E-state index < -0.39 is 5.91 Å². The molecular formula is C25H29N3O3. The molecule has 162 valence electrons. The van der Waals surface area contributed by atoms with Gasteiger partial charge in [0.25, 0.3) is 5.91 Å². The van der Waals surface area contributed by atoms with Crippen molar-refractivity contribution in [1.82, 2.24) is 15.7 Å². The number of nitrogens with zero attached hydrogens (tertiary/aromatic N) is 1. The smallest absolute Gasteiger partial charge is 0.274 e. The molecule has 1 saturated heterocycles. The Kier molecular flexibility index (Phi) is 6.79. The molecule has 1 aliphatic carbocycles. The molecule has 0 bridgehead atoms. The number of piperidine rings is 1. The summed E-state index contributed by atoms with van der Waals surface area (Å²) in [7, 11) is 0. The Balaban J connectivity index is 1.18. The van der Waals surface area contributed by atoms with Crippen molar-refractivity contribution in [2.75, 3.05) is 19.6 Å². The molecule has 2 atom stereocenters. The van der Waals surface area contributed by atoms with E-state index in [1.54, 1.807) is 41.9 Å². The van der Waals surface area contributed by atoms with E-state index in [-0.39, 0.29) is 5.91 Å². The normalized spacial score (nSPS) is 21.3. The van der Waals surface area contributed by atoms with Gasteiger partial charge in [0, 0.05) is 36.7 Å². The predicted molar refractivity (Wildman–Crippen MR) is 120 cm³/mol. The minimum Gasteiger partial charge on any atom is -0.339 e. The third-order valence-electron chi connectivity index (χ3n) is 6.31. The SMILES string of the molecule is O=C(NO)c1ccc(/C=C/C(=O)N2CCC(CN[C@H]3C[C@@H]3c3ccccc3)CC2)cc1. The number of benzene rings is 2. The molecule has 3 N–H and O–H groups in total. The van der Waals surface area contributed by atoms with Crippen molar-refractivity contribution in [2.24, 2.45) is 5.92 Å². The largest absolute Gasteiger partial charge is 0.339 e. The summed E-state index contributed by atoms with van der Waals surface area (Å²) in [6.45, 7) is 2.61. The van der Waals surface area contributed by atoms with Gasteiger partial charge in [0.1, 0.15) is 0 Å². The fourth-order valence-electron chi connectivity index (χ4n) is 4.25. The second kappa shape index (κ2) is 9.90. The van der Waals surface area contributed by atoms with E-state index in [0.717, 1.165) is 38.0 Å². The average molecular weight is 420 g/mol. The van der Waals surface area contributed by atoms with Crippen molar-refractivity contribution in [3.63, 3.8) is 0 Å². The molecule has 6 heteroatoms. The maximum atomic E-state index is 12.5. The quantitative estimate of drug-likeness (QED) is 0.366. The first kappa shape index (κ1) is 21.3. The molecular weight excluding hydrogens is 390 g/mol. The standard InChI is InChI=1S/C25H29N3O3/c29-24(11-8-18-6-9-21(10-7-18)25(30)27-31)28-14-12-19(13-15-28)17-26-23-16-22(23)20-4-2-1-3-5-20/h1-11,19,22-23,26,31H,12-17H2,(H,27,30)/b11-8+/t22-,23+/m1/s1. The summed E-state index contributed by atoms with van der Waals surface area (Å²) in [6.07, 6.45) is 6.63. The number of hydrogen-bond donors (Lipinski definition) is 3. The van der Waals surface area contributed by atoms with Gasteiger partial charge in [-0.3, -0.25) is 14.8 Å². The maximum absolute atomic E-state index is 12.5. The Morgan fingerprint density at radius 2 is 1.74 bits per heavy atom. The molecule has 6 nitrogen and oxygen atoms in total. The van der Waals surface area contributed by atoms with E-state index >= 15 is 0 Å². The Labute approximate surface area is 182 Å². The molecule has 0 unspecified atom stereocenters. The minimum absolute atomic E-state index is 0.0231. The summed E-state index contributed by atoms with van der Waals surface area (Å²) >= 11 is 0. The van der Waals surface area contributed by atoms with Crippen molar-refractivity contribution in [3.05, 3.63) is 77.4 Å². The van der Waals surface area contributed by atoms with E-state index in [2.05, 4.69) is 35.6 Å². The van der Waals surface area contributed by atoms with Crippen molar-refractivity contribution in [2.45, 2.75) is 31.2 Å². The molecule has 1 saturated carbocycles. The highest BCUT2D eigenvalue weighted by Crippen LogP contribution is 2.40. The summed E-state index contributed by atoms with van der Waals surface area (Å²) in [5.74, 6) is 0.742. The van der Waals surface area contributed by atoms with Gasteiger partial charge in [-0.1, -0.05) is 42.5 Å². The second-order valence-corrected chi connectivity index (χ2v) is 8.43. The van der Waals surface area contributed by atoms with E-state index in [4.69, 9.17) is 5.21 Å². The first-order valence-corrected chi connectivity index (χ1v) is 10.9. The average Bonchev–Trinajstić information content (AvgIpc) is 3.62. The fraction of sp³-hybridized carbons (Fsp3) is 0.360. The lowest BCUT2D eigenvalue weighted by molar-refractivity contribution is -0.127. The summed E-state index contributed by atoms with van der Waals surface area (Å²) in [5.41, 5.74) is 4.23. The van der Waals surface area contributed by atoms with Crippen LogP contribution < -0.4 is 10.8 Å². The number of rotatable bonds is 7. The fourth-order valence-corrected chi connectivity index (χ4v) is 4.25. The van der Waals surface area contributed by atoms with Crippen LogP contribution in [0.4, 0.5) is 0 Å². The second-order valence-electron chi connectivity index (χ2n) is 8.43. The van der Waals surface area contributed by atoms with Crippen LogP contribution in [0.1, 0.15) is 46.7 Å². The topological polar surface area (TPSA) is 81.7 Å².